The van der Waals surface area contributed by atoms with Crippen molar-refractivity contribution in [2.75, 3.05) is 23.3 Å². The number of hydrogen-bond donors (Lipinski definition) is 2. The molecule has 156 valence electrons. The molecule has 8 heteroatoms. The Bertz CT molecular complexity index is 819. The van der Waals surface area contributed by atoms with Gasteiger partial charge >= 0.3 is 12.1 Å². The third kappa shape index (κ3) is 6.51. The number of carboxylic acids is 1. The van der Waals surface area contributed by atoms with Gasteiger partial charge < -0.3 is 15.3 Å². The molecule has 2 N–H and O–H groups in total. The first-order valence-corrected chi connectivity index (χ1v) is 9.20. The van der Waals surface area contributed by atoms with Crippen LogP contribution in [0.15, 0.2) is 54.6 Å². The van der Waals surface area contributed by atoms with E-state index in [2.05, 4.69) is 16.3 Å². The standard InChI is InChI=1S/C19H22N2O.C2HF3O2/c1-15(16-9-3-2-4-10-16)19(22)20-17-11-5-6-12-18(17)21-13-7-8-14-21;3-2(4,5)1(6)7/h2-6,9-12,15H,7-8,13-14H2,1H3,(H,20,22);(H,6,7)/t15-;/m1./s1. The van der Waals surface area contributed by atoms with Gasteiger partial charge in [-0.25, -0.2) is 4.79 Å². The van der Waals surface area contributed by atoms with E-state index in [0.717, 1.165) is 30.0 Å². The molecule has 1 fully saturated rings. The lowest BCUT2D eigenvalue weighted by atomic mass is 10.0. The van der Waals surface area contributed by atoms with Crippen LogP contribution in [0.4, 0.5) is 24.5 Å². The fraction of sp³-hybridized carbons (Fsp3) is 0.333. The minimum atomic E-state index is -5.08. The maximum atomic E-state index is 12.6. The maximum Gasteiger partial charge on any atom is 0.490 e. The molecule has 1 amide bonds. The van der Waals surface area contributed by atoms with Gasteiger partial charge in [0.15, 0.2) is 0 Å². The molecule has 0 bridgehead atoms. The highest BCUT2D eigenvalue weighted by Crippen LogP contribution is 2.29. The summed E-state index contributed by atoms with van der Waals surface area (Å²) in [6, 6.07) is 18.0. The lowest BCUT2D eigenvalue weighted by molar-refractivity contribution is -0.192. The highest BCUT2D eigenvalue weighted by Gasteiger charge is 2.38. The van der Waals surface area contributed by atoms with Crippen molar-refractivity contribution in [3.63, 3.8) is 0 Å². The number of nitrogens with one attached hydrogen (secondary N) is 1. The van der Waals surface area contributed by atoms with Gasteiger partial charge in [-0.2, -0.15) is 13.2 Å². The van der Waals surface area contributed by atoms with Crippen molar-refractivity contribution >= 4 is 23.3 Å². The number of carboxylic acid groups (broad SMARTS) is 1. The number of aliphatic carboxylic acids is 1. The van der Waals surface area contributed by atoms with Gasteiger partial charge in [-0.3, -0.25) is 4.79 Å². The number of benzene rings is 2. The normalized spacial score (nSPS) is 14.6. The summed E-state index contributed by atoms with van der Waals surface area (Å²) in [5.41, 5.74) is 3.09. The summed E-state index contributed by atoms with van der Waals surface area (Å²) in [6.45, 7) is 4.09. The molecule has 0 spiro atoms. The van der Waals surface area contributed by atoms with E-state index in [1.54, 1.807) is 0 Å². The van der Waals surface area contributed by atoms with E-state index in [-0.39, 0.29) is 11.8 Å². The first-order valence-electron chi connectivity index (χ1n) is 9.20. The Labute approximate surface area is 167 Å². The summed E-state index contributed by atoms with van der Waals surface area (Å²) in [7, 11) is 0. The lowest BCUT2D eigenvalue weighted by Crippen LogP contribution is -2.23. The van der Waals surface area contributed by atoms with E-state index in [1.165, 1.54) is 12.8 Å². The predicted octanol–water partition coefficient (Wildman–Crippen LogP) is 4.66. The zero-order valence-electron chi connectivity index (χ0n) is 15.9. The first kappa shape index (κ1) is 22.3. The molecule has 0 aliphatic carbocycles. The van der Waals surface area contributed by atoms with Crippen molar-refractivity contribution < 1.29 is 27.9 Å². The molecule has 5 nitrogen and oxygen atoms in total. The van der Waals surface area contributed by atoms with Crippen molar-refractivity contribution in [2.24, 2.45) is 0 Å². The number of carbonyl (C=O) groups excluding carboxylic acids is 1. The van der Waals surface area contributed by atoms with Crippen molar-refractivity contribution in [3.8, 4) is 0 Å². The number of anilines is 2. The summed E-state index contributed by atoms with van der Waals surface area (Å²) in [5.74, 6) is -2.88. The van der Waals surface area contributed by atoms with Crippen LogP contribution in [0.25, 0.3) is 0 Å². The van der Waals surface area contributed by atoms with E-state index in [9.17, 15) is 18.0 Å². The average Bonchev–Trinajstić information content (AvgIpc) is 3.23. The molecular formula is C21H23F3N2O3. The number of alkyl halides is 3. The molecule has 1 aliphatic rings. The fourth-order valence-electron chi connectivity index (χ4n) is 2.95. The molecule has 1 atom stereocenters. The van der Waals surface area contributed by atoms with Gasteiger partial charge in [0.1, 0.15) is 0 Å². The maximum absolute atomic E-state index is 12.6. The van der Waals surface area contributed by atoms with E-state index in [1.807, 2.05) is 55.5 Å². The van der Waals surface area contributed by atoms with E-state index < -0.39 is 12.1 Å². The lowest BCUT2D eigenvalue weighted by Gasteiger charge is -2.22. The molecule has 1 saturated heterocycles. The molecule has 29 heavy (non-hydrogen) atoms. The van der Waals surface area contributed by atoms with Crippen LogP contribution >= 0.6 is 0 Å². The molecule has 0 saturated carbocycles. The molecular weight excluding hydrogens is 385 g/mol. The zero-order valence-corrected chi connectivity index (χ0v) is 15.9. The summed E-state index contributed by atoms with van der Waals surface area (Å²) >= 11 is 0. The van der Waals surface area contributed by atoms with Gasteiger partial charge in [-0.05, 0) is 37.5 Å². The largest absolute Gasteiger partial charge is 0.490 e. The van der Waals surface area contributed by atoms with Gasteiger partial charge in [0.05, 0.1) is 17.3 Å². The van der Waals surface area contributed by atoms with E-state index >= 15 is 0 Å². The van der Waals surface area contributed by atoms with Gasteiger partial charge in [-0.1, -0.05) is 42.5 Å². The minimum Gasteiger partial charge on any atom is -0.475 e. The fourth-order valence-corrected chi connectivity index (χ4v) is 2.95. The van der Waals surface area contributed by atoms with E-state index in [4.69, 9.17) is 9.90 Å². The monoisotopic (exact) mass is 408 g/mol. The number of para-hydroxylation sites is 2. The number of nitrogens with zero attached hydrogens (tertiary/aromatic N) is 1. The molecule has 2 aromatic rings. The smallest absolute Gasteiger partial charge is 0.475 e. The van der Waals surface area contributed by atoms with Crippen LogP contribution in [0.5, 0.6) is 0 Å². The number of rotatable bonds is 4. The topological polar surface area (TPSA) is 69.6 Å². The Kier molecular flexibility index (Phi) is 7.64. The molecule has 3 rings (SSSR count). The van der Waals surface area contributed by atoms with Crippen LogP contribution in [-0.2, 0) is 9.59 Å². The van der Waals surface area contributed by atoms with Gasteiger partial charge in [0, 0.05) is 13.1 Å². The third-order valence-corrected chi connectivity index (χ3v) is 4.54. The van der Waals surface area contributed by atoms with Crippen molar-refractivity contribution in [1.82, 2.24) is 0 Å². The van der Waals surface area contributed by atoms with Crippen LogP contribution in [0.3, 0.4) is 0 Å². The molecule has 0 radical (unpaired) electrons. The molecule has 1 aliphatic heterocycles. The Morgan fingerprint density at radius 3 is 2.07 bits per heavy atom. The summed E-state index contributed by atoms with van der Waals surface area (Å²) in [4.78, 5) is 23.8. The number of halogens is 3. The van der Waals surface area contributed by atoms with Gasteiger partial charge in [0.25, 0.3) is 0 Å². The summed E-state index contributed by atoms with van der Waals surface area (Å²) in [5, 5.41) is 10.2. The molecule has 1 heterocycles. The van der Waals surface area contributed by atoms with Crippen LogP contribution < -0.4 is 10.2 Å². The second kappa shape index (κ2) is 9.95. The van der Waals surface area contributed by atoms with Gasteiger partial charge in [0.2, 0.25) is 5.91 Å². The number of carbonyl (C=O) groups is 2. The van der Waals surface area contributed by atoms with Gasteiger partial charge in [-0.15, -0.1) is 0 Å². The molecule has 0 unspecified atom stereocenters. The Morgan fingerprint density at radius 2 is 1.52 bits per heavy atom. The average molecular weight is 408 g/mol. The second-order valence-electron chi connectivity index (χ2n) is 6.64. The minimum absolute atomic E-state index is 0.0397. The Morgan fingerprint density at radius 1 is 1.00 bits per heavy atom. The number of amides is 1. The zero-order chi connectivity index (χ0) is 21.4. The number of hydrogen-bond acceptors (Lipinski definition) is 3. The molecule has 0 aromatic heterocycles. The van der Waals surface area contributed by atoms with Crippen LogP contribution in [0, 0.1) is 0 Å². The SMILES string of the molecule is C[C@@H](C(=O)Nc1ccccc1N1CCCC1)c1ccccc1.O=C(O)C(F)(F)F. The Balaban J connectivity index is 0.000000370. The summed E-state index contributed by atoms with van der Waals surface area (Å²) in [6.07, 6.45) is -2.63. The van der Waals surface area contributed by atoms with Crippen molar-refractivity contribution in [2.45, 2.75) is 31.9 Å². The van der Waals surface area contributed by atoms with E-state index in [0.29, 0.717) is 0 Å². The third-order valence-electron chi connectivity index (χ3n) is 4.54. The quantitative estimate of drug-likeness (QED) is 0.772. The summed E-state index contributed by atoms with van der Waals surface area (Å²) < 4.78 is 31.7. The molecule has 2 aromatic carbocycles. The first-order chi connectivity index (χ1) is 13.7. The predicted molar refractivity (Wildman–Crippen MR) is 105 cm³/mol. The Hall–Kier alpha value is -3.03. The van der Waals surface area contributed by atoms with Crippen LogP contribution in [0.2, 0.25) is 0 Å². The van der Waals surface area contributed by atoms with Crippen LogP contribution in [0.1, 0.15) is 31.2 Å². The van der Waals surface area contributed by atoms with Crippen LogP contribution in [-0.4, -0.2) is 36.2 Å². The highest BCUT2D eigenvalue weighted by molar-refractivity contribution is 5.98. The highest BCUT2D eigenvalue weighted by atomic mass is 19.4. The van der Waals surface area contributed by atoms with Crippen molar-refractivity contribution in [1.29, 1.82) is 0 Å². The second-order valence-corrected chi connectivity index (χ2v) is 6.64. The van der Waals surface area contributed by atoms with Crippen molar-refractivity contribution in [3.05, 3.63) is 60.2 Å².